The summed E-state index contributed by atoms with van der Waals surface area (Å²) in [5.74, 6) is 1.78. The summed E-state index contributed by atoms with van der Waals surface area (Å²) in [5.41, 5.74) is -0.460. The van der Waals surface area contributed by atoms with E-state index in [2.05, 4.69) is 5.92 Å². The molecule has 6 heteroatoms. The number of hydrogen-bond acceptors (Lipinski definition) is 4. The van der Waals surface area contributed by atoms with E-state index in [9.17, 15) is 18.3 Å². The predicted molar refractivity (Wildman–Crippen MR) is 90.6 cm³/mol. The van der Waals surface area contributed by atoms with Crippen LogP contribution in [0.2, 0.25) is 0 Å². The maximum atomic E-state index is 12.9. The molecule has 0 saturated heterocycles. The van der Waals surface area contributed by atoms with Gasteiger partial charge in [-0.25, -0.2) is 8.42 Å². The van der Waals surface area contributed by atoms with Crippen LogP contribution in [0.3, 0.4) is 0 Å². The zero-order valence-corrected chi connectivity index (χ0v) is 13.3. The Balaban J connectivity index is 2.46. The molecule has 5 nitrogen and oxygen atoms in total. The van der Waals surface area contributed by atoms with Crippen LogP contribution in [0, 0.1) is 12.3 Å². The quantitative estimate of drug-likeness (QED) is 0.742. The van der Waals surface area contributed by atoms with Crippen molar-refractivity contribution in [3.05, 3.63) is 65.0 Å². The van der Waals surface area contributed by atoms with E-state index in [0.717, 1.165) is 0 Å². The number of para-hydroxylation sites is 1. The maximum Gasteiger partial charge on any atom is 0.274 e. The Morgan fingerprint density at radius 1 is 1.04 bits per heavy atom. The first-order valence-electron chi connectivity index (χ1n) is 7.06. The highest BCUT2D eigenvalue weighted by molar-refractivity contribution is 7.91. The third-order valence-corrected chi connectivity index (χ3v) is 5.47. The fourth-order valence-electron chi connectivity index (χ4n) is 2.57. The van der Waals surface area contributed by atoms with E-state index in [-0.39, 0.29) is 16.8 Å². The minimum absolute atomic E-state index is 0.0695. The molecule has 0 spiro atoms. The van der Waals surface area contributed by atoms with Gasteiger partial charge in [-0.15, -0.1) is 6.42 Å². The molecule has 0 atom stereocenters. The highest BCUT2D eigenvalue weighted by Crippen LogP contribution is 2.32. The molecule has 0 bridgehead atoms. The lowest BCUT2D eigenvalue weighted by atomic mass is 10.2. The normalized spacial score (nSPS) is 11.3. The Morgan fingerprint density at radius 3 is 2.33 bits per heavy atom. The van der Waals surface area contributed by atoms with Crippen LogP contribution in [-0.2, 0) is 16.4 Å². The first kappa shape index (κ1) is 15.8. The van der Waals surface area contributed by atoms with Crippen LogP contribution >= 0.6 is 0 Å². The van der Waals surface area contributed by atoms with Crippen LogP contribution in [0.1, 0.15) is 0 Å². The third-order valence-electron chi connectivity index (χ3n) is 3.68. The molecule has 1 heterocycles. The third kappa shape index (κ3) is 2.36. The Labute approximate surface area is 138 Å². The van der Waals surface area contributed by atoms with Crippen molar-refractivity contribution in [1.82, 2.24) is 4.57 Å². The summed E-state index contributed by atoms with van der Waals surface area (Å²) < 4.78 is 26.9. The smallest absolute Gasteiger partial charge is 0.274 e. The zero-order valence-electron chi connectivity index (χ0n) is 12.5. The summed E-state index contributed by atoms with van der Waals surface area (Å²) in [7, 11) is -4.18. The number of nitrogens with zero attached hydrogens (tertiary/aromatic N) is 1. The van der Waals surface area contributed by atoms with Gasteiger partial charge in [0.05, 0.1) is 17.0 Å². The van der Waals surface area contributed by atoms with Gasteiger partial charge < -0.3 is 5.11 Å². The van der Waals surface area contributed by atoms with E-state index < -0.39 is 26.0 Å². The molecule has 3 rings (SSSR count). The summed E-state index contributed by atoms with van der Waals surface area (Å²) >= 11 is 0. The Bertz CT molecular complexity index is 1120. The van der Waals surface area contributed by atoms with Gasteiger partial charge in [0.2, 0.25) is 9.84 Å². The van der Waals surface area contributed by atoms with Crippen molar-refractivity contribution >= 4 is 20.7 Å². The average Bonchev–Trinajstić information content (AvgIpc) is 2.59. The van der Waals surface area contributed by atoms with Crippen LogP contribution in [0.5, 0.6) is 5.75 Å². The van der Waals surface area contributed by atoms with E-state index in [4.69, 9.17) is 6.42 Å². The molecule has 0 fully saturated rings. The second kappa shape index (κ2) is 5.87. The van der Waals surface area contributed by atoms with E-state index in [1.54, 1.807) is 42.5 Å². The van der Waals surface area contributed by atoms with E-state index in [0.29, 0.717) is 5.52 Å². The number of sulfone groups is 1. The van der Waals surface area contributed by atoms with E-state index in [1.165, 1.54) is 16.7 Å². The largest absolute Gasteiger partial charge is 0.506 e. The second-order valence-electron chi connectivity index (χ2n) is 5.11. The second-order valence-corrected chi connectivity index (χ2v) is 6.99. The number of hydrogen-bond donors (Lipinski definition) is 1. The van der Waals surface area contributed by atoms with E-state index in [1.807, 2.05) is 0 Å². The predicted octanol–water partition coefficient (Wildman–Crippen LogP) is 2.17. The lowest BCUT2D eigenvalue weighted by Crippen LogP contribution is -2.26. The minimum Gasteiger partial charge on any atom is -0.506 e. The molecular formula is C18H13NO4S. The van der Waals surface area contributed by atoms with Crippen molar-refractivity contribution in [3.63, 3.8) is 0 Å². The Kier molecular flexibility index (Phi) is 3.87. The molecule has 24 heavy (non-hydrogen) atoms. The summed E-state index contributed by atoms with van der Waals surface area (Å²) in [5, 5.41) is 10.7. The standard InChI is InChI=1S/C18H13NO4S/c1-2-12-19-15-11-7-6-10-14(15)16(20)17(18(19)21)24(22,23)13-8-4-3-5-9-13/h1,3-11,20H,12H2. The van der Waals surface area contributed by atoms with Gasteiger partial charge in [0.25, 0.3) is 5.56 Å². The van der Waals surface area contributed by atoms with Gasteiger partial charge >= 0.3 is 0 Å². The first-order valence-corrected chi connectivity index (χ1v) is 8.55. The van der Waals surface area contributed by atoms with Crippen LogP contribution < -0.4 is 5.56 Å². The van der Waals surface area contributed by atoms with Crippen LogP contribution in [-0.4, -0.2) is 18.1 Å². The van der Waals surface area contributed by atoms with Gasteiger partial charge in [-0.1, -0.05) is 36.3 Å². The van der Waals surface area contributed by atoms with Crippen LogP contribution in [0.25, 0.3) is 10.9 Å². The van der Waals surface area contributed by atoms with Gasteiger partial charge in [0, 0.05) is 5.39 Å². The molecule has 120 valence electrons. The summed E-state index contributed by atoms with van der Waals surface area (Å²) in [4.78, 5) is 12.0. The van der Waals surface area contributed by atoms with Gasteiger partial charge in [-0.2, -0.15) is 0 Å². The van der Waals surface area contributed by atoms with Crippen LogP contribution in [0.4, 0.5) is 0 Å². The number of rotatable bonds is 3. The number of terminal acetylenes is 1. The average molecular weight is 339 g/mol. The van der Waals surface area contributed by atoms with E-state index >= 15 is 0 Å². The molecule has 0 aliphatic rings. The SMILES string of the molecule is C#CCn1c(=O)c(S(=O)(=O)c2ccccc2)c(O)c2ccccc21. The van der Waals surface area contributed by atoms with Gasteiger partial charge in [-0.3, -0.25) is 9.36 Å². The molecule has 1 N–H and O–H groups in total. The molecule has 3 aromatic rings. The molecule has 0 amide bonds. The zero-order chi connectivity index (χ0) is 17.3. The topological polar surface area (TPSA) is 76.4 Å². The Hall–Kier alpha value is -3.04. The van der Waals surface area contributed by atoms with Crippen molar-refractivity contribution in [1.29, 1.82) is 0 Å². The molecule has 0 radical (unpaired) electrons. The van der Waals surface area contributed by atoms with Crippen molar-refractivity contribution < 1.29 is 13.5 Å². The monoisotopic (exact) mass is 339 g/mol. The molecular weight excluding hydrogens is 326 g/mol. The number of benzene rings is 2. The summed E-state index contributed by atoms with van der Waals surface area (Å²) in [6, 6.07) is 14.0. The van der Waals surface area contributed by atoms with Gasteiger partial charge in [0.15, 0.2) is 4.90 Å². The van der Waals surface area contributed by atoms with Crippen LogP contribution in [0.15, 0.2) is 69.2 Å². The highest BCUT2D eigenvalue weighted by Gasteiger charge is 2.28. The lowest BCUT2D eigenvalue weighted by Gasteiger charge is -2.13. The highest BCUT2D eigenvalue weighted by atomic mass is 32.2. The number of pyridine rings is 1. The molecule has 0 saturated carbocycles. The first-order chi connectivity index (χ1) is 11.5. The van der Waals surface area contributed by atoms with Crippen molar-refractivity contribution in [2.45, 2.75) is 16.3 Å². The van der Waals surface area contributed by atoms with Crippen molar-refractivity contribution in [2.75, 3.05) is 0 Å². The number of aromatic hydroxyl groups is 1. The number of fused-ring (bicyclic) bond motifs is 1. The summed E-state index contributed by atoms with van der Waals surface area (Å²) in [6.07, 6.45) is 5.31. The fraction of sp³-hybridized carbons (Fsp3) is 0.0556. The minimum atomic E-state index is -4.18. The van der Waals surface area contributed by atoms with Gasteiger partial charge in [-0.05, 0) is 24.3 Å². The van der Waals surface area contributed by atoms with Crippen molar-refractivity contribution in [3.8, 4) is 18.1 Å². The number of aromatic nitrogens is 1. The molecule has 0 unspecified atom stereocenters. The summed E-state index contributed by atoms with van der Waals surface area (Å²) in [6.45, 7) is -0.100. The molecule has 2 aromatic carbocycles. The fourth-order valence-corrected chi connectivity index (χ4v) is 4.03. The lowest BCUT2D eigenvalue weighted by molar-refractivity contribution is 0.460. The van der Waals surface area contributed by atoms with Gasteiger partial charge in [0.1, 0.15) is 5.75 Å². The van der Waals surface area contributed by atoms with Crippen molar-refractivity contribution in [2.24, 2.45) is 0 Å². The maximum absolute atomic E-state index is 12.9. The Morgan fingerprint density at radius 2 is 1.67 bits per heavy atom. The molecule has 0 aliphatic heterocycles. The molecule has 0 aliphatic carbocycles. The molecule has 1 aromatic heterocycles.